The predicted octanol–water partition coefficient (Wildman–Crippen LogP) is 0.405. The summed E-state index contributed by atoms with van der Waals surface area (Å²) in [5.41, 5.74) is 0.549. The molecular formula is C12H16N2O3. The normalized spacial score (nSPS) is 14.9. The highest BCUT2D eigenvalue weighted by atomic mass is 16.5. The van der Waals surface area contributed by atoms with E-state index in [1.54, 1.807) is 32.4 Å². The van der Waals surface area contributed by atoms with Gasteiger partial charge < -0.3 is 20.1 Å². The number of hydrogen-bond acceptors (Lipinski definition) is 4. The van der Waals surface area contributed by atoms with E-state index < -0.39 is 0 Å². The van der Waals surface area contributed by atoms with E-state index in [9.17, 15) is 4.79 Å². The fourth-order valence-electron chi connectivity index (χ4n) is 1.60. The van der Waals surface area contributed by atoms with Crippen molar-refractivity contribution in [2.75, 3.05) is 27.3 Å². The molecule has 5 heteroatoms. The number of methoxy groups -OCH3 is 2. The molecule has 2 rings (SSSR count). The number of amides is 1. The Labute approximate surface area is 100 Å². The van der Waals surface area contributed by atoms with Crippen LogP contribution in [0, 0.1) is 0 Å². The number of carbonyl (C=O) groups is 1. The zero-order valence-corrected chi connectivity index (χ0v) is 9.95. The Balaban J connectivity index is 2.14. The van der Waals surface area contributed by atoms with Crippen LogP contribution in [-0.4, -0.2) is 39.3 Å². The lowest BCUT2D eigenvalue weighted by atomic mass is 10.1. The van der Waals surface area contributed by atoms with E-state index in [-0.39, 0.29) is 11.9 Å². The molecule has 0 spiro atoms. The highest BCUT2D eigenvalue weighted by molar-refractivity contribution is 5.95. The van der Waals surface area contributed by atoms with E-state index in [1.165, 1.54) is 0 Å². The van der Waals surface area contributed by atoms with Crippen LogP contribution >= 0.6 is 0 Å². The van der Waals surface area contributed by atoms with Gasteiger partial charge in [0.15, 0.2) is 0 Å². The highest BCUT2D eigenvalue weighted by Gasteiger charge is 2.20. The SMILES string of the molecule is COc1cc(OC)cc(C(=O)NC2CNC2)c1. The second-order valence-corrected chi connectivity index (χ2v) is 3.93. The summed E-state index contributed by atoms with van der Waals surface area (Å²) in [5, 5.41) is 6.02. The van der Waals surface area contributed by atoms with Gasteiger partial charge >= 0.3 is 0 Å². The lowest BCUT2D eigenvalue weighted by Crippen LogP contribution is -2.56. The summed E-state index contributed by atoms with van der Waals surface area (Å²) in [6, 6.07) is 5.36. The van der Waals surface area contributed by atoms with Crippen molar-refractivity contribution in [2.24, 2.45) is 0 Å². The first-order chi connectivity index (χ1) is 8.22. The predicted molar refractivity (Wildman–Crippen MR) is 63.7 cm³/mol. The van der Waals surface area contributed by atoms with Gasteiger partial charge in [-0.15, -0.1) is 0 Å². The maximum atomic E-state index is 11.9. The first kappa shape index (κ1) is 11.7. The van der Waals surface area contributed by atoms with E-state index >= 15 is 0 Å². The van der Waals surface area contributed by atoms with Crippen molar-refractivity contribution >= 4 is 5.91 Å². The van der Waals surface area contributed by atoms with Crippen LogP contribution in [0.4, 0.5) is 0 Å². The number of benzene rings is 1. The first-order valence-corrected chi connectivity index (χ1v) is 5.47. The van der Waals surface area contributed by atoms with Gasteiger partial charge in [-0.05, 0) is 12.1 Å². The monoisotopic (exact) mass is 236 g/mol. The van der Waals surface area contributed by atoms with E-state index in [0.29, 0.717) is 17.1 Å². The smallest absolute Gasteiger partial charge is 0.251 e. The third-order valence-corrected chi connectivity index (χ3v) is 2.73. The topological polar surface area (TPSA) is 59.6 Å². The number of nitrogens with one attached hydrogen (secondary N) is 2. The van der Waals surface area contributed by atoms with E-state index in [0.717, 1.165) is 13.1 Å². The molecule has 0 radical (unpaired) electrons. The van der Waals surface area contributed by atoms with E-state index in [2.05, 4.69) is 10.6 Å². The molecule has 1 aliphatic heterocycles. The number of rotatable bonds is 4. The van der Waals surface area contributed by atoms with Crippen molar-refractivity contribution in [3.8, 4) is 11.5 Å². The fourth-order valence-corrected chi connectivity index (χ4v) is 1.60. The molecule has 17 heavy (non-hydrogen) atoms. The van der Waals surface area contributed by atoms with Gasteiger partial charge in [-0.1, -0.05) is 0 Å². The summed E-state index contributed by atoms with van der Waals surface area (Å²) in [4.78, 5) is 11.9. The second-order valence-electron chi connectivity index (χ2n) is 3.93. The quantitative estimate of drug-likeness (QED) is 0.794. The van der Waals surface area contributed by atoms with Gasteiger partial charge in [0, 0.05) is 24.7 Å². The first-order valence-electron chi connectivity index (χ1n) is 5.47. The summed E-state index contributed by atoms with van der Waals surface area (Å²) in [6.07, 6.45) is 0. The van der Waals surface area contributed by atoms with Gasteiger partial charge in [0.05, 0.1) is 20.3 Å². The van der Waals surface area contributed by atoms with E-state index in [4.69, 9.17) is 9.47 Å². The van der Waals surface area contributed by atoms with Crippen molar-refractivity contribution in [1.29, 1.82) is 0 Å². The van der Waals surface area contributed by atoms with Crippen LogP contribution < -0.4 is 20.1 Å². The molecule has 1 heterocycles. The van der Waals surface area contributed by atoms with Crippen LogP contribution in [0.1, 0.15) is 10.4 Å². The Kier molecular flexibility index (Phi) is 3.49. The fraction of sp³-hybridized carbons (Fsp3) is 0.417. The summed E-state index contributed by atoms with van der Waals surface area (Å²) in [7, 11) is 3.12. The zero-order chi connectivity index (χ0) is 12.3. The maximum Gasteiger partial charge on any atom is 0.251 e. The van der Waals surface area contributed by atoms with Gasteiger partial charge in [-0.3, -0.25) is 4.79 Å². The van der Waals surface area contributed by atoms with Gasteiger partial charge in [-0.25, -0.2) is 0 Å². The van der Waals surface area contributed by atoms with Crippen molar-refractivity contribution < 1.29 is 14.3 Å². The minimum Gasteiger partial charge on any atom is -0.497 e. The lowest BCUT2D eigenvalue weighted by Gasteiger charge is -2.28. The molecule has 1 aliphatic rings. The minimum absolute atomic E-state index is 0.103. The molecule has 5 nitrogen and oxygen atoms in total. The van der Waals surface area contributed by atoms with Crippen molar-refractivity contribution in [3.05, 3.63) is 23.8 Å². The van der Waals surface area contributed by atoms with Crippen molar-refractivity contribution in [1.82, 2.24) is 10.6 Å². The largest absolute Gasteiger partial charge is 0.497 e. The van der Waals surface area contributed by atoms with Gasteiger partial charge in [0.1, 0.15) is 11.5 Å². The Morgan fingerprint density at radius 3 is 2.24 bits per heavy atom. The number of ether oxygens (including phenoxy) is 2. The average molecular weight is 236 g/mol. The molecule has 0 aromatic heterocycles. The maximum absolute atomic E-state index is 11.9. The molecule has 0 saturated carbocycles. The summed E-state index contributed by atoms with van der Waals surface area (Å²) >= 11 is 0. The molecule has 1 amide bonds. The second kappa shape index (κ2) is 5.05. The zero-order valence-electron chi connectivity index (χ0n) is 9.95. The molecular weight excluding hydrogens is 220 g/mol. The third-order valence-electron chi connectivity index (χ3n) is 2.73. The number of hydrogen-bond donors (Lipinski definition) is 2. The van der Waals surface area contributed by atoms with Crippen LogP contribution in [0.5, 0.6) is 11.5 Å². The van der Waals surface area contributed by atoms with Gasteiger partial charge in [0.25, 0.3) is 5.91 Å². The third kappa shape index (κ3) is 2.68. The Bertz CT molecular complexity index is 394. The Morgan fingerprint density at radius 1 is 1.24 bits per heavy atom. The van der Waals surface area contributed by atoms with Crippen LogP contribution in [0.15, 0.2) is 18.2 Å². The standard InChI is InChI=1S/C12H16N2O3/c1-16-10-3-8(4-11(5-10)17-2)12(15)14-9-6-13-7-9/h3-5,9,13H,6-7H2,1-2H3,(H,14,15). The van der Waals surface area contributed by atoms with Crippen LogP contribution in [0.3, 0.4) is 0 Å². The van der Waals surface area contributed by atoms with E-state index in [1.807, 2.05) is 0 Å². The highest BCUT2D eigenvalue weighted by Crippen LogP contribution is 2.22. The molecule has 1 aromatic rings. The molecule has 1 aromatic carbocycles. The van der Waals surface area contributed by atoms with Gasteiger partial charge in [0.2, 0.25) is 0 Å². The van der Waals surface area contributed by atoms with Crippen LogP contribution in [0.2, 0.25) is 0 Å². The average Bonchev–Trinajstić information content (AvgIpc) is 2.32. The molecule has 1 saturated heterocycles. The van der Waals surface area contributed by atoms with Crippen LogP contribution in [0.25, 0.3) is 0 Å². The van der Waals surface area contributed by atoms with Gasteiger partial charge in [-0.2, -0.15) is 0 Å². The van der Waals surface area contributed by atoms with Crippen LogP contribution in [-0.2, 0) is 0 Å². The summed E-state index contributed by atoms with van der Waals surface area (Å²) < 4.78 is 10.2. The molecule has 1 fully saturated rings. The minimum atomic E-state index is -0.103. The molecule has 0 atom stereocenters. The summed E-state index contributed by atoms with van der Waals surface area (Å²) in [5.74, 6) is 1.12. The summed E-state index contributed by atoms with van der Waals surface area (Å²) in [6.45, 7) is 1.65. The molecule has 0 unspecified atom stereocenters. The van der Waals surface area contributed by atoms with Crippen molar-refractivity contribution in [2.45, 2.75) is 6.04 Å². The Hall–Kier alpha value is -1.75. The molecule has 92 valence electrons. The Morgan fingerprint density at radius 2 is 1.82 bits per heavy atom. The van der Waals surface area contributed by atoms with Crippen molar-refractivity contribution in [3.63, 3.8) is 0 Å². The molecule has 2 N–H and O–H groups in total. The molecule has 0 aliphatic carbocycles. The lowest BCUT2D eigenvalue weighted by molar-refractivity contribution is 0.0923. The number of carbonyl (C=O) groups excluding carboxylic acids is 1. The molecule has 0 bridgehead atoms.